The molecule has 0 unspecified atom stereocenters. The third-order valence-corrected chi connectivity index (χ3v) is 2.87. The van der Waals surface area contributed by atoms with E-state index in [0.29, 0.717) is 18.8 Å². The van der Waals surface area contributed by atoms with Gasteiger partial charge < -0.3 is 20.1 Å². The highest BCUT2D eigenvalue weighted by atomic mass is 32.1. The summed E-state index contributed by atoms with van der Waals surface area (Å²) in [4.78, 5) is 11.5. The summed E-state index contributed by atoms with van der Waals surface area (Å²) in [5.74, 6) is 0. The van der Waals surface area contributed by atoms with E-state index in [9.17, 15) is 4.79 Å². The van der Waals surface area contributed by atoms with E-state index < -0.39 is 11.7 Å². The molecule has 5 nitrogen and oxygen atoms in total. The van der Waals surface area contributed by atoms with Gasteiger partial charge in [0.15, 0.2) is 0 Å². The van der Waals surface area contributed by atoms with Crippen LogP contribution in [0.2, 0.25) is 0 Å². The first-order chi connectivity index (χ1) is 9.19. The number of ether oxygens (including phenoxy) is 1. The summed E-state index contributed by atoms with van der Waals surface area (Å²) < 4.78 is 6.86. The normalized spacial score (nSPS) is 11.1. The molecule has 0 heterocycles. The van der Waals surface area contributed by atoms with Gasteiger partial charge in [-0.1, -0.05) is 18.9 Å². The van der Waals surface area contributed by atoms with Crippen molar-refractivity contribution in [2.24, 2.45) is 0 Å². The second kappa shape index (κ2) is 6.74. The predicted molar refractivity (Wildman–Crippen MR) is 86.2 cm³/mol. The lowest BCUT2D eigenvalue weighted by atomic mass is 10.2. The van der Waals surface area contributed by atoms with E-state index in [4.69, 9.17) is 10.5 Å². The second-order valence-corrected chi connectivity index (χ2v) is 6.10. The second-order valence-electron chi connectivity index (χ2n) is 5.61. The fourth-order valence-electron chi connectivity index (χ4n) is 1.58. The number of benzene rings is 1. The summed E-state index contributed by atoms with van der Waals surface area (Å²) in [6, 6.07) is 5.74. The van der Waals surface area contributed by atoms with Crippen LogP contribution in [0.1, 0.15) is 26.3 Å². The summed E-state index contributed by atoms with van der Waals surface area (Å²) in [6.45, 7) is 8.41. The summed E-state index contributed by atoms with van der Waals surface area (Å²) >= 11 is 4.39. The summed E-state index contributed by atoms with van der Waals surface area (Å²) in [6.07, 6.45) is -0.434. The topological polar surface area (TPSA) is 67.6 Å². The first kappa shape index (κ1) is 16.5. The van der Waals surface area contributed by atoms with Crippen LogP contribution in [0, 0.1) is 6.92 Å². The van der Waals surface area contributed by atoms with Crippen LogP contribution >= 0.6 is 12.8 Å². The lowest BCUT2D eigenvalue weighted by Crippen LogP contribution is -2.36. The molecule has 0 spiro atoms. The highest BCUT2D eigenvalue weighted by molar-refractivity contribution is 7.81. The molecule has 6 heteroatoms. The number of nitrogens with one attached hydrogen (secondary N) is 1. The Morgan fingerprint density at radius 3 is 2.70 bits per heavy atom. The van der Waals surface area contributed by atoms with Crippen molar-refractivity contribution in [1.82, 2.24) is 5.32 Å². The average Bonchev–Trinajstić information content (AvgIpc) is 2.29. The van der Waals surface area contributed by atoms with Crippen molar-refractivity contribution >= 4 is 30.3 Å². The number of rotatable bonds is 4. The monoisotopic (exact) mass is 297 g/mol. The third kappa shape index (κ3) is 5.61. The Kier molecular flexibility index (Phi) is 5.56. The minimum atomic E-state index is -0.494. The molecule has 1 amide bonds. The van der Waals surface area contributed by atoms with Crippen molar-refractivity contribution in [2.75, 3.05) is 23.1 Å². The Bertz CT molecular complexity index is 472. The average molecular weight is 297 g/mol. The van der Waals surface area contributed by atoms with Crippen LogP contribution in [-0.2, 0) is 4.74 Å². The quantitative estimate of drug-likeness (QED) is 0.590. The Labute approximate surface area is 126 Å². The molecule has 1 aromatic rings. The zero-order chi connectivity index (χ0) is 15.3. The van der Waals surface area contributed by atoms with Crippen molar-refractivity contribution in [3.05, 3.63) is 23.8 Å². The van der Waals surface area contributed by atoms with E-state index in [0.717, 1.165) is 11.3 Å². The number of carbonyl (C=O) groups is 1. The van der Waals surface area contributed by atoms with Gasteiger partial charge in [0.1, 0.15) is 5.60 Å². The number of amides is 1. The fourth-order valence-corrected chi connectivity index (χ4v) is 1.85. The molecule has 0 fully saturated rings. The smallest absolute Gasteiger partial charge is 0.407 e. The maximum Gasteiger partial charge on any atom is 0.407 e. The number of anilines is 2. The lowest BCUT2D eigenvalue weighted by Gasteiger charge is -2.22. The molecule has 112 valence electrons. The summed E-state index contributed by atoms with van der Waals surface area (Å²) in [5.41, 5.74) is 8.00. The molecule has 1 rings (SSSR count). The Balaban J connectivity index is 2.46. The van der Waals surface area contributed by atoms with Gasteiger partial charge in [0.25, 0.3) is 0 Å². The van der Waals surface area contributed by atoms with Gasteiger partial charge in [-0.3, -0.25) is 0 Å². The molecule has 0 aliphatic carbocycles. The number of carbonyl (C=O) groups excluding carboxylic acids is 1. The van der Waals surface area contributed by atoms with Crippen LogP contribution in [0.25, 0.3) is 0 Å². The molecule has 0 saturated heterocycles. The molecular formula is C14H23N3O2S. The number of alkyl carbamates (subject to hydrolysis) is 1. The maximum atomic E-state index is 11.5. The Hall–Kier alpha value is -1.56. The Morgan fingerprint density at radius 1 is 1.45 bits per heavy atom. The third-order valence-electron chi connectivity index (χ3n) is 2.46. The molecule has 1 aromatic carbocycles. The molecule has 20 heavy (non-hydrogen) atoms. The summed E-state index contributed by atoms with van der Waals surface area (Å²) in [7, 11) is 0. The van der Waals surface area contributed by atoms with Crippen molar-refractivity contribution in [2.45, 2.75) is 33.3 Å². The molecular weight excluding hydrogens is 274 g/mol. The zero-order valence-corrected chi connectivity index (χ0v) is 13.3. The first-order valence-electron chi connectivity index (χ1n) is 6.48. The number of hydrogen-bond acceptors (Lipinski definition) is 5. The highest BCUT2D eigenvalue weighted by Crippen LogP contribution is 2.25. The minimum Gasteiger partial charge on any atom is -0.444 e. The molecule has 0 atom stereocenters. The molecule has 0 radical (unpaired) electrons. The van der Waals surface area contributed by atoms with Crippen LogP contribution in [0.3, 0.4) is 0 Å². The van der Waals surface area contributed by atoms with Gasteiger partial charge in [-0.05, 0) is 45.4 Å². The van der Waals surface area contributed by atoms with Crippen LogP contribution < -0.4 is 15.4 Å². The standard InChI is InChI=1S/C14H23N3O2S/c1-10-5-6-11(15)12(9-10)17(20)8-7-16-13(18)19-14(2,3)4/h5-6,9,20H,7-8,15H2,1-4H3,(H,16,18). The molecule has 0 aliphatic rings. The number of nitrogens with two attached hydrogens (primary N) is 1. The number of nitrogen functional groups attached to an aromatic ring is 1. The molecule has 0 saturated carbocycles. The van der Waals surface area contributed by atoms with Gasteiger partial charge in [0, 0.05) is 13.1 Å². The van der Waals surface area contributed by atoms with Crippen molar-refractivity contribution < 1.29 is 9.53 Å². The van der Waals surface area contributed by atoms with Gasteiger partial charge in [-0.2, -0.15) is 0 Å². The number of hydrogen-bond donors (Lipinski definition) is 3. The summed E-state index contributed by atoms with van der Waals surface area (Å²) in [5, 5.41) is 2.68. The minimum absolute atomic E-state index is 0.422. The number of aryl methyl sites for hydroxylation is 1. The van der Waals surface area contributed by atoms with E-state index >= 15 is 0 Å². The molecule has 0 bridgehead atoms. The fraction of sp³-hybridized carbons (Fsp3) is 0.500. The van der Waals surface area contributed by atoms with Gasteiger partial charge >= 0.3 is 6.09 Å². The van der Waals surface area contributed by atoms with E-state index in [2.05, 4.69) is 18.1 Å². The zero-order valence-electron chi connectivity index (χ0n) is 12.4. The van der Waals surface area contributed by atoms with Crippen molar-refractivity contribution in [1.29, 1.82) is 0 Å². The van der Waals surface area contributed by atoms with Gasteiger partial charge in [-0.25, -0.2) is 4.79 Å². The van der Waals surface area contributed by atoms with Crippen molar-refractivity contribution in [3.63, 3.8) is 0 Å². The SMILES string of the molecule is Cc1ccc(N)c(N(S)CCNC(=O)OC(C)(C)C)c1. The van der Waals surface area contributed by atoms with E-state index in [1.165, 1.54) is 0 Å². The van der Waals surface area contributed by atoms with E-state index in [1.54, 1.807) is 4.31 Å². The van der Waals surface area contributed by atoms with Crippen molar-refractivity contribution in [3.8, 4) is 0 Å². The number of thiol groups is 1. The molecule has 3 N–H and O–H groups in total. The van der Waals surface area contributed by atoms with Crippen LogP contribution in [0.5, 0.6) is 0 Å². The van der Waals surface area contributed by atoms with Gasteiger partial charge in [-0.15, -0.1) is 0 Å². The van der Waals surface area contributed by atoms with Crippen LogP contribution in [0.4, 0.5) is 16.2 Å². The molecule has 0 aromatic heterocycles. The highest BCUT2D eigenvalue weighted by Gasteiger charge is 2.15. The Morgan fingerprint density at radius 2 is 2.10 bits per heavy atom. The van der Waals surface area contributed by atoms with Gasteiger partial charge in [0.05, 0.1) is 11.4 Å². The first-order valence-corrected chi connectivity index (χ1v) is 6.88. The van der Waals surface area contributed by atoms with E-state index in [-0.39, 0.29) is 0 Å². The van der Waals surface area contributed by atoms with Gasteiger partial charge in [0.2, 0.25) is 0 Å². The molecule has 0 aliphatic heterocycles. The van der Waals surface area contributed by atoms with Crippen LogP contribution in [0.15, 0.2) is 18.2 Å². The predicted octanol–water partition coefficient (Wildman–Crippen LogP) is 2.75. The number of nitrogens with zero attached hydrogens (tertiary/aromatic N) is 1. The largest absolute Gasteiger partial charge is 0.444 e. The van der Waals surface area contributed by atoms with E-state index in [1.807, 2.05) is 45.9 Å². The van der Waals surface area contributed by atoms with Crippen LogP contribution in [-0.4, -0.2) is 24.8 Å². The maximum absolute atomic E-state index is 11.5. The lowest BCUT2D eigenvalue weighted by molar-refractivity contribution is 0.0529.